The van der Waals surface area contributed by atoms with Crippen LogP contribution in [-0.4, -0.2) is 10.7 Å². The molecule has 1 aromatic carbocycles. The van der Waals surface area contributed by atoms with Crippen molar-refractivity contribution >= 4 is 17.4 Å². The lowest BCUT2D eigenvalue weighted by Gasteiger charge is -2.02. The van der Waals surface area contributed by atoms with E-state index in [1.54, 1.807) is 17.8 Å². The average molecular weight is 211 g/mol. The number of aryl methyl sites for hydroxylation is 1. The fourth-order valence-electron chi connectivity index (χ4n) is 1.27. The monoisotopic (exact) mass is 211 g/mol. The molecule has 76 valence electrons. The predicted molar refractivity (Wildman–Crippen MR) is 58.9 cm³/mol. The minimum atomic E-state index is -0.307. The maximum Gasteiger partial charge on any atom is 0.273 e. The minimum Gasteiger partial charge on any atom is -0.258 e. The zero-order valence-corrected chi connectivity index (χ0v) is 9.13. The fourth-order valence-corrected chi connectivity index (χ4v) is 1.96. The molecule has 0 amide bonds. The molecular formula is C10H13NO2S. The third-order valence-corrected chi connectivity index (χ3v) is 2.82. The second-order valence-electron chi connectivity index (χ2n) is 2.83. The van der Waals surface area contributed by atoms with Crippen molar-refractivity contribution in [3.8, 4) is 0 Å². The van der Waals surface area contributed by atoms with Crippen LogP contribution in [0.5, 0.6) is 0 Å². The van der Waals surface area contributed by atoms with E-state index in [1.165, 1.54) is 0 Å². The summed E-state index contributed by atoms with van der Waals surface area (Å²) < 4.78 is 0. The number of benzene rings is 1. The van der Waals surface area contributed by atoms with Crippen molar-refractivity contribution in [1.29, 1.82) is 0 Å². The zero-order chi connectivity index (χ0) is 10.6. The molecule has 0 aliphatic rings. The molecule has 0 radical (unpaired) electrons. The lowest BCUT2D eigenvalue weighted by Crippen LogP contribution is -1.94. The Morgan fingerprint density at radius 1 is 1.43 bits per heavy atom. The molecule has 0 unspecified atom stereocenters. The van der Waals surface area contributed by atoms with Crippen LogP contribution in [0.2, 0.25) is 0 Å². The smallest absolute Gasteiger partial charge is 0.258 e. The van der Waals surface area contributed by atoms with E-state index in [4.69, 9.17) is 0 Å². The molecular weight excluding hydrogens is 198 g/mol. The van der Waals surface area contributed by atoms with Crippen molar-refractivity contribution in [2.75, 3.05) is 5.75 Å². The first-order valence-corrected chi connectivity index (χ1v) is 5.57. The van der Waals surface area contributed by atoms with Gasteiger partial charge in [0.1, 0.15) is 0 Å². The van der Waals surface area contributed by atoms with Crippen LogP contribution >= 0.6 is 11.8 Å². The van der Waals surface area contributed by atoms with Gasteiger partial charge in [-0.05, 0) is 18.2 Å². The van der Waals surface area contributed by atoms with Crippen LogP contribution in [0.3, 0.4) is 0 Å². The maximum absolute atomic E-state index is 10.7. The van der Waals surface area contributed by atoms with Crippen molar-refractivity contribution in [2.45, 2.75) is 25.2 Å². The Kier molecular flexibility index (Phi) is 3.95. The Morgan fingerprint density at radius 2 is 2.14 bits per heavy atom. The highest BCUT2D eigenvalue weighted by molar-refractivity contribution is 7.99. The van der Waals surface area contributed by atoms with E-state index >= 15 is 0 Å². The summed E-state index contributed by atoms with van der Waals surface area (Å²) in [5.74, 6) is 0.933. The molecule has 3 nitrogen and oxygen atoms in total. The van der Waals surface area contributed by atoms with Gasteiger partial charge in [-0.1, -0.05) is 19.9 Å². The van der Waals surface area contributed by atoms with Crippen molar-refractivity contribution in [2.24, 2.45) is 0 Å². The molecule has 0 aliphatic heterocycles. The van der Waals surface area contributed by atoms with Crippen LogP contribution in [0.1, 0.15) is 19.4 Å². The van der Waals surface area contributed by atoms with E-state index in [9.17, 15) is 10.1 Å². The van der Waals surface area contributed by atoms with E-state index in [0.29, 0.717) is 6.42 Å². The summed E-state index contributed by atoms with van der Waals surface area (Å²) in [7, 11) is 0. The van der Waals surface area contributed by atoms with Crippen LogP contribution in [-0.2, 0) is 6.42 Å². The van der Waals surface area contributed by atoms with E-state index < -0.39 is 0 Å². The van der Waals surface area contributed by atoms with Crippen molar-refractivity contribution < 1.29 is 4.92 Å². The number of hydrogen-bond acceptors (Lipinski definition) is 3. The number of thioether (sulfide) groups is 1. The third kappa shape index (κ3) is 2.48. The first-order valence-electron chi connectivity index (χ1n) is 4.59. The number of rotatable bonds is 4. The molecule has 14 heavy (non-hydrogen) atoms. The molecule has 0 saturated carbocycles. The summed E-state index contributed by atoms with van der Waals surface area (Å²) in [5.41, 5.74) is 1.04. The highest BCUT2D eigenvalue weighted by Crippen LogP contribution is 2.26. The average Bonchev–Trinajstić information content (AvgIpc) is 2.18. The number of hydrogen-bond donors (Lipinski definition) is 0. The molecule has 0 bridgehead atoms. The quantitative estimate of drug-likeness (QED) is 0.436. The van der Waals surface area contributed by atoms with Gasteiger partial charge in [-0.15, -0.1) is 11.8 Å². The van der Waals surface area contributed by atoms with E-state index in [2.05, 4.69) is 0 Å². The first kappa shape index (κ1) is 11.0. The highest BCUT2D eigenvalue weighted by Gasteiger charge is 2.12. The number of nitro benzene ring substituents is 1. The van der Waals surface area contributed by atoms with E-state index in [-0.39, 0.29) is 10.6 Å². The molecule has 0 aliphatic carbocycles. The minimum absolute atomic E-state index is 0.242. The van der Waals surface area contributed by atoms with Gasteiger partial charge in [-0.3, -0.25) is 10.1 Å². The topological polar surface area (TPSA) is 43.1 Å². The van der Waals surface area contributed by atoms with Gasteiger partial charge in [0.15, 0.2) is 0 Å². The SMILES string of the molecule is CCSc1ccc(CC)c([N+](=O)[O-])c1. The van der Waals surface area contributed by atoms with Gasteiger partial charge in [-0.2, -0.15) is 0 Å². The molecule has 0 heterocycles. The lowest BCUT2D eigenvalue weighted by atomic mass is 10.1. The molecule has 4 heteroatoms. The summed E-state index contributed by atoms with van der Waals surface area (Å²) >= 11 is 1.62. The van der Waals surface area contributed by atoms with Crippen LogP contribution in [0.15, 0.2) is 23.1 Å². The van der Waals surface area contributed by atoms with Gasteiger partial charge in [-0.25, -0.2) is 0 Å². The van der Waals surface area contributed by atoms with Crippen LogP contribution in [0, 0.1) is 10.1 Å². The Hall–Kier alpha value is -1.03. The number of nitrogens with zero attached hydrogens (tertiary/aromatic N) is 1. The zero-order valence-electron chi connectivity index (χ0n) is 8.32. The Morgan fingerprint density at radius 3 is 2.64 bits per heavy atom. The molecule has 1 rings (SSSR count). The third-order valence-electron chi connectivity index (χ3n) is 1.95. The van der Waals surface area contributed by atoms with Crippen LogP contribution in [0.4, 0.5) is 5.69 Å². The summed E-state index contributed by atoms with van der Waals surface area (Å²) in [5, 5.41) is 10.7. The fraction of sp³-hybridized carbons (Fsp3) is 0.400. The molecule has 1 aromatic rings. The van der Waals surface area contributed by atoms with Crippen molar-refractivity contribution in [3.05, 3.63) is 33.9 Å². The van der Waals surface area contributed by atoms with Crippen LogP contribution in [0.25, 0.3) is 0 Å². The Bertz CT molecular complexity index is 339. The van der Waals surface area contributed by atoms with Gasteiger partial charge >= 0.3 is 0 Å². The standard InChI is InChI=1S/C10H13NO2S/c1-3-8-5-6-9(14-4-2)7-10(8)11(12)13/h5-7H,3-4H2,1-2H3. The summed E-state index contributed by atoms with van der Waals surface area (Å²) in [6.07, 6.45) is 0.702. The summed E-state index contributed by atoms with van der Waals surface area (Å²) in [4.78, 5) is 11.4. The normalized spacial score (nSPS) is 10.1. The predicted octanol–water partition coefficient (Wildman–Crippen LogP) is 3.27. The summed E-state index contributed by atoms with van der Waals surface area (Å²) in [6, 6.07) is 5.45. The van der Waals surface area contributed by atoms with Crippen molar-refractivity contribution in [3.63, 3.8) is 0 Å². The van der Waals surface area contributed by atoms with Crippen molar-refractivity contribution in [1.82, 2.24) is 0 Å². The van der Waals surface area contributed by atoms with Gasteiger partial charge in [0.2, 0.25) is 0 Å². The van der Waals surface area contributed by atoms with Gasteiger partial charge in [0, 0.05) is 16.5 Å². The highest BCUT2D eigenvalue weighted by atomic mass is 32.2. The van der Waals surface area contributed by atoms with E-state index in [0.717, 1.165) is 16.2 Å². The molecule has 0 atom stereocenters. The van der Waals surface area contributed by atoms with E-state index in [1.807, 2.05) is 26.0 Å². The maximum atomic E-state index is 10.7. The largest absolute Gasteiger partial charge is 0.273 e. The van der Waals surface area contributed by atoms with Gasteiger partial charge in [0.05, 0.1) is 4.92 Å². The van der Waals surface area contributed by atoms with Crippen LogP contribution < -0.4 is 0 Å². The number of nitro groups is 1. The molecule has 0 N–H and O–H groups in total. The lowest BCUT2D eigenvalue weighted by molar-refractivity contribution is -0.385. The Balaban J connectivity index is 3.07. The Labute approximate surface area is 87.7 Å². The molecule has 0 aromatic heterocycles. The molecule has 0 spiro atoms. The second kappa shape index (κ2) is 5.00. The molecule has 0 fully saturated rings. The van der Waals surface area contributed by atoms with Gasteiger partial charge in [0.25, 0.3) is 5.69 Å². The summed E-state index contributed by atoms with van der Waals surface area (Å²) in [6.45, 7) is 3.96. The molecule has 0 saturated heterocycles. The second-order valence-corrected chi connectivity index (χ2v) is 4.17. The first-order chi connectivity index (χ1) is 6.69. The van der Waals surface area contributed by atoms with Gasteiger partial charge < -0.3 is 0 Å².